The third-order valence-corrected chi connectivity index (χ3v) is 1.87. The van der Waals surface area contributed by atoms with Gasteiger partial charge in [0.2, 0.25) is 0 Å². The Bertz CT molecular complexity index is 448. The maximum Gasteiger partial charge on any atom is 0.337 e. The Morgan fingerprint density at radius 3 is 2.86 bits per heavy atom. The molecule has 0 atom stereocenters. The van der Waals surface area contributed by atoms with Crippen LogP contribution in [-0.4, -0.2) is 21.0 Å². The minimum absolute atomic E-state index is 0.241. The number of nitrogens with zero attached hydrogens (tertiary/aromatic N) is 1. The van der Waals surface area contributed by atoms with Crippen LogP contribution >= 0.6 is 0 Å². The van der Waals surface area contributed by atoms with E-state index < -0.39 is 5.97 Å². The molecule has 2 heterocycles. The molecule has 0 fully saturated rings. The van der Waals surface area contributed by atoms with Crippen molar-refractivity contribution in [2.75, 3.05) is 0 Å². The molecule has 2 aromatic heterocycles. The van der Waals surface area contributed by atoms with Crippen molar-refractivity contribution in [3.63, 3.8) is 0 Å². The summed E-state index contributed by atoms with van der Waals surface area (Å²) in [5.74, 6) is -0.941. The largest absolute Gasteiger partial charge is 0.478 e. The van der Waals surface area contributed by atoms with Crippen molar-refractivity contribution in [3.05, 3.63) is 42.2 Å². The molecule has 2 rings (SSSR count). The van der Waals surface area contributed by atoms with E-state index in [1.165, 1.54) is 6.20 Å². The van der Waals surface area contributed by atoms with Crippen LogP contribution in [0, 0.1) is 0 Å². The van der Waals surface area contributed by atoms with Crippen molar-refractivity contribution in [1.29, 1.82) is 0 Å². The van der Waals surface area contributed by atoms with Crippen LogP contribution in [0.4, 0.5) is 0 Å². The number of pyridine rings is 1. The van der Waals surface area contributed by atoms with E-state index in [1.54, 1.807) is 12.3 Å². The van der Waals surface area contributed by atoms with Gasteiger partial charge in [-0.25, -0.2) is 4.79 Å². The minimum atomic E-state index is -0.941. The summed E-state index contributed by atoms with van der Waals surface area (Å²) in [5.41, 5.74) is 1.69. The number of aromatic amines is 1. The first-order valence-electron chi connectivity index (χ1n) is 4.10. The fourth-order valence-electron chi connectivity index (χ4n) is 1.19. The Hall–Kier alpha value is -2.10. The second-order valence-corrected chi connectivity index (χ2v) is 2.82. The molecule has 0 aliphatic rings. The number of H-pyrrole nitrogens is 1. The number of carbonyl (C=O) groups is 1. The molecule has 70 valence electrons. The van der Waals surface area contributed by atoms with Crippen LogP contribution < -0.4 is 0 Å². The molecular formula is C10H8N2O2. The Balaban J connectivity index is 2.39. The molecule has 0 saturated carbocycles. The lowest BCUT2D eigenvalue weighted by Crippen LogP contribution is -1.91. The molecule has 0 aromatic carbocycles. The third kappa shape index (κ3) is 1.50. The predicted molar refractivity (Wildman–Crippen MR) is 51.0 cm³/mol. The molecule has 0 spiro atoms. The van der Waals surface area contributed by atoms with E-state index in [0.29, 0.717) is 5.69 Å². The van der Waals surface area contributed by atoms with Gasteiger partial charge in [-0.2, -0.15) is 0 Å². The number of hydrogen-bond acceptors (Lipinski definition) is 2. The van der Waals surface area contributed by atoms with Gasteiger partial charge >= 0.3 is 5.97 Å². The Kier molecular flexibility index (Phi) is 2.02. The predicted octanol–water partition coefficient (Wildman–Crippen LogP) is 1.77. The highest BCUT2D eigenvalue weighted by molar-refractivity contribution is 5.88. The van der Waals surface area contributed by atoms with Gasteiger partial charge in [-0.1, -0.05) is 6.07 Å². The third-order valence-electron chi connectivity index (χ3n) is 1.87. The van der Waals surface area contributed by atoms with Crippen LogP contribution in [0.25, 0.3) is 11.4 Å². The lowest BCUT2D eigenvalue weighted by atomic mass is 10.2. The first-order chi connectivity index (χ1) is 6.77. The summed E-state index contributed by atoms with van der Waals surface area (Å²) in [6.45, 7) is 0. The van der Waals surface area contributed by atoms with Crippen molar-refractivity contribution in [1.82, 2.24) is 9.97 Å². The van der Waals surface area contributed by atoms with Crippen molar-refractivity contribution in [2.45, 2.75) is 0 Å². The zero-order valence-electron chi connectivity index (χ0n) is 7.27. The number of aromatic carboxylic acids is 1. The molecule has 2 aromatic rings. The van der Waals surface area contributed by atoms with Gasteiger partial charge in [-0.15, -0.1) is 0 Å². The number of rotatable bonds is 2. The quantitative estimate of drug-likeness (QED) is 0.754. The van der Waals surface area contributed by atoms with Gasteiger partial charge in [0.1, 0.15) is 0 Å². The molecule has 0 aliphatic carbocycles. The van der Waals surface area contributed by atoms with Gasteiger partial charge < -0.3 is 10.1 Å². The Labute approximate surface area is 80.2 Å². The van der Waals surface area contributed by atoms with Crippen LogP contribution in [-0.2, 0) is 0 Å². The fourth-order valence-corrected chi connectivity index (χ4v) is 1.19. The van der Waals surface area contributed by atoms with Gasteiger partial charge in [0.25, 0.3) is 0 Å². The fraction of sp³-hybridized carbons (Fsp3) is 0. The van der Waals surface area contributed by atoms with Gasteiger partial charge in [0.15, 0.2) is 0 Å². The summed E-state index contributed by atoms with van der Waals surface area (Å²) in [6, 6.07) is 7.04. The Morgan fingerprint density at radius 2 is 2.29 bits per heavy atom. The molecule has 4 nitrogen and oxygen atoms in total. The van der Waals surface area contributed by atoms with Gasteiger partial charge in [0.05, 0.1) is 17.0 Å². The zero-order valence-corrected chi connectivity index (χ0v) is 7.27. The van der Waals surface area contributed by atoms with E-state index in [4.69, 9.17) is 5.11 Å². The van der Waals surface area contributed by atoms with Crippen molar-refractivity contribution >= 4 is 5.97 Å². The minimum Gasteiger partial charge on any atom is -0.478 e. The average molecular weight is 188 g/mol. The van der Waals surface area contributed by atoms with E-state index in [2.05, 4.69) is 9.97 Å². The molecule has 0 saturated heterocycles. The van der Waals surface area contributed by atoms with Crippen LogP contribution in [0.3, 0.4) is 0 Å². The molecule has 0 unspecified atom stereocenters. The lowest BCUT2D eigenvalue weighted by Gasteiger charge is -1.93. The summed E-state index contributed by atoms with van der Waals surface area (Å²) in [5, 5.41) is 8.70. The van der Waals surface area contributed by atoms with Gasteiger partial charge in [-0.3, -0.25) is 4.98 Å². The monoisotopic (exact) mass is 188 g/mol. The number of aromatic nitrogens is 2. The van der Waals surface area contributed by atoms with Crippen molar-refractivity contribution < 1.29 is 9.90 Å². The first kappa shape index (κ1) is 8.50. The van der Waals surface area contributed by atoms with Gasteiger partial charge in [-0.05, 0) is 18.2 Å². The summed E-state index contributed by atoms with van der Waals surface area (Å²) in [4.78, 5) is 17.6. The highest BCUT2D eigenvalue weighted by Gasteiger charge is 2.07. The maximum atomic E-state index is 10.6. The molecule has 0 aliphatic heterocycles. The normalized spacial score (nSPS) is 10.0. The summed E-state index contributed by atoms with van der Waals surface area (Å²) in [6.07, 6.45) is 3.11. The zero-order chi connectivity index (χ0) is 9.97. The number of nitrogens with one attached hydrogen (secondary N) is 1. The number of hydrogen-bond donors (Lipinski definition) is 2. The van der Waals surface area contributed by atoms with E-state index in [1.807, 2.05) is 18.2 Å². The second kappa shape index (κ2) is 3.33. The molecule has 4 heteroatoms. The lowest BCUT2D eigenvalue weighted by molar-refractivity contribution is 0.0697. The second-order valence-electron chi connectivity index (χ2n) is 2.82. The van der Waals surface area contributed by atoms with Crippen LogP contribution in [0.2, 0.25) is 0 Å². The smallest absolute Gasteiger partial charge is 0.337 e. The molecular weight excluding hydrogens is 180 g/mol. The van der Waals surface area contributed by atoms with E-state index >= 15 is 0 Å². The molecule has 0 radical (unpaired) electrons. The van der Waals surface area contributed by atoms with E-state index in [9.17, 15) is 4.79 Å². The van der Waals surface area contributed by atoms with Crippen molar-refractivity contribution in [3.8, 4) is 11.4 Å². The summed E-state index contributed by atoms with van der Waals surface area (Å²) in [7, 11) is 0. The van der Waals surface area contributed by atoms with Gasteiger partial charge in [0, 0.05) is 12.4 Å². The Morgan fingerprint density at radius 1 is 1.43 bits per heavy atom. The number of carboxylic acids is 1. The summed E-state index contributed by atoms with van der Waals surface area (Å²) >= 11 is 0. The molecule has 0 amide bonds. The average Bonchev–Trinajstić information content (AvgIpc) is 2.68. The molecule has 2 N–H and O–H groups in total. The van der Waals surface area contributed by atoms with Crippen molar-refractivity contribution in [2.24, 2.45) is 0 Å². The first-order valence-corrected chi connectivity index (χ1v) is 4.10. The topological polar surface area (TPSA) is 66.0 Å². The van der Waals surface area contributed by atoms with E-state index in [0.717, 1.165) is 5.69 Å². The molecule has 0 bridgehead atoms. The highest BCUT2D eigenvalue weighted by atomic mass is 16.4. The van der Waals surface area contributed by atoms with E-state index in [-0.39, 0.29) is 5.56 Å². The standard InChI is InChI=1S/C10H8N2O2/c13-10(14)7-5-9(12-6-7)8-3-1-2-4-11-8/h1-6,12H,(H,13,14). The highest BCUT2D eigenvalue weighted by Crippen LogP contribution is 2.15. The summed E-state index contributed by atoms with van der Waals surface area (Å²) < 4.78 is 0. The van der Waals surface area contributed by atoms with Crippen LogP contribution in [0.15, 0.2) is 36.7 Å². The number of carboxylic acid groups (broad SMARTS) is 1. The van der Waals surface area contributed by atoms with Crippen LogP contribution in [0.5, 0.6) is 0 Å². The molecule has 14 heavy (non-hydrogen) atoms. The maximum absolute atomic E-state index is 10.6. The van der Waals surface area contributed by atoms with Crippen LogP contribution in [0.1, 0.15) is 10.4 Å². The SMILES string of the molecule is O=C(O)c1c[nH]c(-c2ccccn2)c1.